The smallest absolute Gasteiger partial charge is 0.218 e. The Morgan fingerprint density at radius 2 is 2.28 bits per heavy atom. The molecule has 1 aromatic rings. The van der Waals surface area contributed by atoms with Gasteiger partial charge in [0.2, 0.25) is 10.0 Å². The third kappa shape index (κ3) is 3.01. The quantitative estimate of drug-likeness (QED) is 0.825. The maximum atomic E-state index is 12.3. The molecule has 5 nitrogen and oxygen atoms in total. The van der Waals surface area contributed by atoms with Crippen LogP contribution in [-0.4, -0.2) is 38.5 Å². The first-order chi connectivity index (χ1) is 8.49. The summed E-state index contributed by atoms with van der Waals surface area (Å²) in [5.74, 6) is -0.0115. The first-order valence-electron chi connectivity index (χ1n) is 5.91. The van der Waals surface area contributed by atoms with Gasteiger partial charge < -0.3 is 10.5 Å². The topological polar surface area (TPSA) is 72.6 Å². The largest absolute Gasteiger partial charge is 0.399 e. The number of anilines is 1. The van der Waals surface area contributed by atoms with E-state index in [4.69, 9.17) is 10.5 Å². The van der Waals surface area contributed by atoms with Gasteiger partial charge in [-0.05, 0) is 24.6 Å². The van der Waals surface area contributed by atoms with E-state index in [1.165, 1.54) is 4.31 Å². The van der Waals surface area contributed by atoms with Gasteiger partial charge in [0, 0.05) is 18.3 Å². The zero-order chi connectivity index (χ0) is 13.2. The fourth-order valence-electron chi connectivity index (χ4n) is 2.10. The molecular weight excluding hydrogens is 252 g/mol. The second-order valence-electron chi connectivity index (χ2n) is 4.54. The normalized spacial score (nSPS) is 21.9. The second kappa shape index (κ2) is 5.26. The summed E-state index contributed by atoms with van der Waals surface area (Å²) in [6.07, 6.45) is 0. The number of sulfonamides is 1. The molecule has 0 saturated carbocycles. The van der Waals surface area contributed by atoms with E-state index in [0.717, 1.165) is 0 Å². The third-order valence-corrected chi connectivity index (χ3v) is 4.92. The van der Waals surface area contributed by atoms with Crippen molar-refractivity contribution in [3.63, 3.8) is 0 Å². The Bertz CT molecular complexity index is 516. The Morgan fingerprint density at radius 1 is 1.50 bits per heavy atom. The molecule has 1 aliphatic heterocycles. The minimum atomic E-state index is -3.30. The molecule has 0 bridgehead atoms. The number of ether oxygens (including phenoxy) is 1. The van der Waals surface area contributed by atoms with Crippen LogP contribution in [0, 0.1) is 0 Å². The molecule has 2 N–H and O–H groups in total. The molecule has 0 spiro atoms. The predicted octanol–water partition coefficient (Wildman–Crippen LogP) is 0.819. The molecule has 1 aromatic carbocycles. The average molecular weight is 270 g/mol. The van der Waals surface area contributed by atoms with Crippen LogP contribution in [0.4, 0.5) is 5.69 Å². The van der Waals surface area contributed by atoms with Crippen molar-refractivity contribution in [3.05, 3.63) is 29.8 Å². The van der Waals surface area contributed by atoms with Crippen LogP contribution in [0.5, 0.6) is 0 Å². The SMILES string of the molecule is CC1COCCN1S(=O)(=O)Cc1cccc(N)c1. The van der Waals surface area contributed by atoms with Gasteiger partial charge in [0.15, 0.2) is 0 Å². The molecule has 1 atom stereocenters. The molecular formula is C12H18N2O3S. The number of nitrogen functional groups attached to an aromatic ring is 1. The number of hydrogen-bond donors (Lipinski definition) is 1. The number of morpholine rings is 1. The van der Waals surface area contributed by atoms with Crippen molar-refractivity contribution in [2.24, 2.45) is 0 Å². The van der Waals surface area contributed by atoms with E-state index in [-0.39, 0.29) is 11.8 Å². The first kappa shape index (κ1) is 13.3. The van der Waals surface area contributed by atoms with Crippen molar-refractivity contribution in [1.82, 2.24) is 4.31 Å². The highest BCUT2D eigenvalue weighted by Crippen LogP contribution is 2.17. The molecule has 0 radical (unpaired) electrons. The van der Waals surface area contributed by atoms with Crippen LogP contribution in [0.2, 0.25) is 0 Å². The zero-order valence-electron chi connectivity index (χ0n) is 10.4. The lowest BCUT2D eigenvalue weighted by Crippen LogP contribution is -2.47. The summed E-state index contributed by atoms with van der Waals surface area (Å²) in [4.78, 5) is 0. The van der Waals surface area contributed by atoms with E-state index in [0.29, 0.717) is 31.0 Å². The third-order valence-electron chi connectivity index (χ3n) is 2.96. The van der Waals surface area contributed by atoms with Gasteiger partial charge in [0.1, 0.15) is 0 Å². The Kier molecular flexibility index (Phi) is 3.89. The van der Waals surface area contributed by atoms with Crippen LogP contribution in [0.3, 0.4) is 0 Å². The van der Waals surface area contributed by atoms with Crippen LogP contribution in [0.15, 0.2) is 24.3 Å². The molecule has 1 saturated heterocycles. The van der Waals surface area contributed by atoms with Gasteiger partial charge in [0.25, 0.3) is 0 Å². The second-order valence-corrected chi connectivity index (χ2v) is 6.46. The first-order valence-corrected chi connectivity index (χ1v) is 7.51. The standard InChI is InChI=1S/C12H18N2O3S/c1-10-8-17-6-5-14(10)18(15,16)9-11-3-2-4-12(13)7-11/h2-4,7,10H,5-6,8-9,13H2,1H3. The zero-order valence-corrected chi connectivity index (χ0v) is 11.2. The molecule has 0 aromatic heterocycles. The highest BCUT2D eigenvalue weighted by atomic mass is 32.2. The highest BCUT2D eigenvalue weighted by molar-refractivity contribution is 7.88. The molecule has 1 unspecified atom stereocenters. The van der Waals surface area contributed by atoms with Gasteiger partial charge in [-0.1, -0.05) is 12.1 Å². The summed E-state index contributed by atoms with van der Waals surface area (Å²) < 4.78 is 31.4. The molecule has 2 rings (SSSR count). The fourth-order valence-corrected chi connectivity index (χ4v) is 3.83. The lowest BCUT2D eigenvalue weighted by atomic mass is 10.2. The minimum absolute atomic E-state index is 0.0115. The Labute approximate surface area is 108 Å². The predicted molar refractivity (Wildman–Crippen MR) is 70.5 cm³/mol. The molecule has 100 valence electrons. The van der Waals surface area contributed by atoms with Crippen molar-refractivity contribution < 1.29 is 13.2 Å². The lowest BCUT2D eigenvalue weighted by Gasteiger charge is -2.32. The van der Waals surface area contributed by atoms with Crippen LogP contribution < -0.4 is 5.73 Å². The Hall–Kier alpha value is -1.11. The molecule has 1 aliphatic rings. The van der Waals surface area contributed by atoms with Crippen molar-refractivity contribution in [3.8, 4) is 0 Å². The van der Waals surface area contributed by atoms with Crippen LogP contribution in [0.25, 0.3) is 0 Å². The Balaban J connectivity index is 2.16. The summed E-state index contributed by atoms with van der Waals surface area (Å²) in [6.45, 7) is 3.19. The summed E-state index contributed by atoms with van der Waals surface area (Å²) in [5, 5.41) is 0. The number of hydrogen-bond acceptors (Lipinski definition) is 4. The molecule has 0 amide bonds. The summed E-state index contributed by atoms with van der Waals surface area (Å²) in [6, 6.07) is 6.88. The van der Waals surface area contributed by atoms with E-state index in [1.54, 1.807) is 24.3 Å². The number of benzene rings is 1. The van der Waals surface area contributed by atoms with E-state index in [2.05, 4.69) is 0 Å². The van der Waals surface area contributed by atoms with Gasteiger partial charge in [-0.15, -0.1) is 0 Å². The maximum Gasteiger partial charge on any atom is 0.218 e. The molecule has 1 fully saturated rings. The molecule has 1 heterocycles. The van der Waals surface area contributed by atoms with Crippen molar-refractivity contribution >= 4 is 15.7 Å². The van der Waals surface area contributed by atoms with E-state index >= 15 is 0 Å². The fraction of sp³-hybridized carbons (Fsp3) is 0.500. The number of nitrogens with zero attached hydrogens (tertiary/aromatic N) is 1. The molecule has 0 aliphatic carbocycles. The van der Waals surface area contributed by atoms with E-state index in [9.17, 15) is 8.42 Å². The number of nitrogens with two attached hydrogens (primary N) is 1. The maximum absolute atomic E-state index is 12.3. The number of rotatable bonds is 3. The monoisotopic (exact) mass is 270 g/mol. The average Bonchev–Trinajstić information content (AvgIpc) is 2.28. The molecule has 18 heavy (non-hydrogen) atoms. The molecule has 6 heteroatoms. The van der Waals surface area contributed by atoms with Crippen molar-refractivity contribution in [1.29, 1.82) is 0 Å². The van der Waals surface area contributed by atoms with Gasteiger partial charge >= 0.3 is 0 Å². The Morgan fingerprint density at radius 3 is 2.94 bits per heavy atom. The van der Waals surface area contributed by atoms with Gasteiger partial charge in [-0.3, -0.25) is 0 Å². The van der Waals surface area contributed by atoms with Gasteiger partial charge in [-0.2, -0.15) is 4.31 Å². The minimum Gasteiger partial charge on any atom is -0.399 e. The van der Waals surface area contributed by atoms with Crippen LogP contribution in [0.1, 0.15) is 12.5 Å². The van der Waals surface area contributed by atoms with E-state index in [1.807, 2.05) is 6.92 Å². The van der Waals surface area contributed by atoms with Crippen LogP contribution >= 0.6 is 0 Å². The summed E-state index contributed by atoms with van der Waals surface area (Å²) in [7, 11) is -3.30. The highest BCUT2D eigenvalue weighted by Gasteiger charge is 2.29. The van der Waals surface area contributed by atoms with Crippen molar-refractivity contribution in [2.45, 2.75) is 18.7 Å². The lowest BCUT2D eigenvalue weighted by molar-refractivity contribution is 0.0392. The summed E-state index contributed by atoms with van der Waals surface area (Å²) in [5.41, 5.74) is 6.95. The van der Waals surface area contributed by atoms with Crippen molar-refractivity contribution in [2.75, 3.05) is 25.5 Å². The summed E-state index contributed by atoms with van der Waals surface area (Å²) >= 11 is 0. The van der Waals surface area contributed by atoms with Crippen LogP contribution in [-0.2, 0) is 20.5 Å². The van der Waals surface area contributed by atoms with Gasteiger partial charge in [0.05, 0.1) is 19.0 Å². The van der Waals surface area contributed by atoms with Gasteiger partial charge in [-0.25, -0.2) is 8.42 Å². The van der Waals surface area contributed by atoms with E-state index < -0.39 is 10.0 Å².